The fraction of sp³-hybridized carbons (Fsp3) is 0.263. The molecular weight excluding hydrogens is 272 g/mol. The third-order valence-electron chi connectivity index (χ3n) is 4.30. The number of nitrogens with zero attached hydrogens (tertiary/aromatic N) is 2. The van der Waals surface area contributed by atoms with Crippen LogP contribution in [0.25, 0.3) is 6.08 Å². The van der Waals surface area contributed by atoms with Crippen LogP contribution in [0.4, 0.5) is 0 Å². The maximum absolute atomic E-state index is 12.5. The quantitative estimate of drug-likeness (QED) is 0.636. The van der Waals surface area contributed by atoms with E-state index in [1.165, 1.54) is 11.1 Å². The zero-order valence-corrected chi connectivity index (χ0v) is 13.0. The van der Waals surface area contributed by atoms with Crippen LogP contribution in [0, 0.1) is 12.8 Å². The number of aryl methyl sites for hydroxylation is 1. The Labute approximate surface area is 131 Å². The zero-order valence-electron chi connectivity index (χ0n) is 13.0. The van der Waals surface area contributed by atoms with Crippen molar-refractivity contribution in [3.8, 4) is 0 Å². The van der Waals surface area contributed by atoms with Crippen molar-refractivity contribution in [2.75, 3.05) is 0 Å². The fourth-order valence-corrected chi connectivity index (χ4v) is 2.97. The first-order valence-electron chi connectivity index (χ1n) is 7.56. The largest absolute Gasteiger partial charge is 0.271 e. The number of hydrogen-bond acceptors (Lipinski definition) is 2. The van der Waals surface area contributed by atoms with E-state index in [-0.39, 0.29) is 5.91 Å². The van der Waals surface area contributed by atoms with Crippen molar-refractivity contribution in [2.45, 2.75) is 26.7 Å². The summed E-state index contributed by atoms with van der Waals surface area (Å²) in [7, 11) is 0. The SMILES string of the molecule is C=C(C)[C@@H]1Cc2c(C)nn(C(=O)/C=C/c3ccccc3)c2C1. The average Bonchev–Trinajstić information content (AvgIpc) is 3.07. The van der Waals surface area contributed by atoms with Gasteiger partial charge in [-0.2, -0.15) is 5.10 Å². The third kappa shape index (κ3) is 2.67. The van der Waals surface area contributed by atoms with Crippen LogP contribution in [0.15, 0.2) is 48.6 Å². The molecule has 1 heterocycles. The van der Waals surface area contributed by atoms with Gasteiger partial charge in [-0.25, -0.2) is 4.68 Å². The number of aromatic nitrogens is 2. The molecular formula is C19H20N2O. The Morgan fingerprint density at radius 1 is 1.32 bits per heavy atom. The second-order valence-corrected chi connectivity index (χ2v) is 5.96. The lowest BCUT2D eigenvalue weighted by atomic mass is 9.99. The number of benzene rings is 1. The van der Waals surface area contributed by atoms with Crippen molar-refractivity contribution in [2.24, 2.45) is 5.92 Å². The highest BCUT2D eigenvalue weighted by molar-refractivity contribution is 5.93. The van der Waals surface area contributed by atoms with Crippen molar-refractivity contribution >= 4 is 12.0 Å². The summed E-state index contributed by atoms with van der Waals surface area (Å²) in [6.45, 7) is 8.08. The molecule has 0 saturated heterocycles. The van der Waals surface area contributed by atoms with Crippen molar-refractivity contribution in [1.29, 1.82) is 0 Å². The summed E-state index contributed by atoms with van der Waals surface area (Å²) in [5.74, 6) is 0.347. The summed E-state index contributed by atoms with van der Waals surface area (Å²) in [5, 5.41) is 4.42. The van der Waals surface area contributed by atoms with E-state index in [1.807, 2.05) is 43.3 Å². The Hall–Kier alpha value is -2.42. The van der Waals surface area contributed by atoms with E-state index in [9.17, 15) is 4.79 Å². The van der Waals surface area contributed by atoms with Crippen LogP contribution >= 0.6 is 0 Å². The Morgan fingerprint density at radius 2 is 2.05 bits per heavy atom. The Balaban J connectivity index is 1.85. The minimum Gasteiger partial charge on any atom is -0.267 e. The molecule has 3 nitrogen and oxygen atoms in total. The fourth-order valence-electron chi connectivity index (χ4n) is 2.97. The molecule has 0 unspecified atom stereocenters. The van der Waals surface area contributed by atoms with Crippen LogP contribution in [0.3, 0.4) is 0 Å². The standard InChI is InChI=1S/C19H20N2O/c1-13(2)16-11-17-14(3)20-21(18(17)12-16)19(22)10-9-15-7-5-4-6-8-15/h4-10,16H,1,11-12H2,2-3H3/b10-9+/t16-/m1/s1. The molecule has 1 atom stereocenters. The van der Waals surface area contributed by atoms with Crippen LogP contribution in [-0.2, 0) is 12.8 Å². The van der Waals surface area contributed by atoms with E-state index < -0.39 is 0 Å². The van der Waals surface area contributed by atoms with Gasteiger partial charge >= 0.3 is 0 Å². The molecule has 112 valence electrons. The van der Waals surface area contributed by atoms with Crippen molar-refractivity contribution in [3.63, 3.8) is 0 Å². The molecule has 0 aliphatic heterocycles. The van der Waals surface area contributed by atoms with E-state index in [0.717, 1.165) is 29.8 Å². The third-order valence-corrected chi connectivity index (χ3v) is 4.30. The van der Waals surface area contributed by atoms with E-state index in [1.54, 1.807) is 10.8 Å². The van der Waals surface area contributed by atoms with Gasteiger partial charge in [-0.05, 0) is 49.8 Å². The first-order valence-corrected chi connectivity index (χ1v) is 7.56. The lowest BCUT2D eigenvalue weighted by Crippen LogP contribution is -2.14. The molecule has 0 saturated carbocycles. The monoisotopic (exact) mass is 292 g/mol. The molecule has 0 amide bonds. The van der Waals surface area contributed by atoms with E-state index in [4.69, 9.17) is 0 Å². The lowest BCUT2D eigenvalue weighted by molar-refractivity contribution is 0.0951. The smallest absolute Gasteiger partial charge is 0.267 e. The van der Waals surface area contributed by atoms with Crippen LogP contribution in [0.1, 0.15) is 34.2 Å². The van der Waals surface area contributed by atoms with Gasteiger partial charge in [0, 0.05) is 6.08 Å². The molecule has 1 aromatic carbocycles. The molecule has 2 aromatic rings. The second-order valence-electron chi connectivity index (χ2n) is 5.96. The van der Waals surface area contributed by atoms with Gasteiger partial charge in [-0.1, -0.05) is 42.5 Å². The molecule has 3 rings (SSSR count). The normalized spacial score (nSPS) is 16.9. The number of rotatable bonds is 3. The van der Waals surface area contributed by atoms with E-state index >= 15 is 0 Å². The first-order chi connectivity index (χ1) is 10.6. The van der Waals surface area contributed by atoms with Crippen LogP contribution in [-0.4, -0.2) is 15.7 Å². The molecule has 3 heteroatoms. The van der Waals surface area contributed by atoms with Gasteiger partial charge in [0.1, 0.15) is 0 Å². The summed E-state index contributed by atoms with van der Waals surface area (Å²) in [6.07, 6.45) is 5.23. The molecule has 0 fully saturated rings. The van der Waals surface area contributed by atoms with Crippen molar-refractivity contribution in [1.82, 2.24) is 9.78 Å². The van der Waals surface area contributed by atoms with Crippen molar-refractivity contribution in [3.05, 3.63) is 71.1 Å². The summed E-state index contributed by atoms with van der Waals surface area (Å²) >= 11 is 0. The van der Waals surface area contributed by atoms with Crippen molar-refractivity contribution < 1.29 is 4.79 Å². The molecule has 22 heavy (non-hydrogen) atoms. The van der Waals surface area contributed by atoms with Crippen LogP contribution in [0.2, 0.25) is 0 Å². The molecule has 1 aromatic heterocycles. The number of carbonyl (C=O) groups excluding carboxylic acids is 1. The first kappa shape index (κ1) is 14.5. The highest BCUT2D eigenvalue weighted by Crippen LogP contribution is 2.32. The Morgan fingerprint density at radius 3 is 2.73 bits per heavy atom. The maximum Gasteiger partial charge on any atom is 0.271 e. The molecule has 0 N–H and O–H groups in total. The molecule has 0 spiro atoms. The summed E-state index contributed by atoms with van der Waals surface area (Å²) in [4.78, 5) is 12.5. The van der Waals surface area contributed by atoms with Gasteiger partial charge in [-0.3, -0.25) is 4.79 Å². The number of allylic oxidation sites excluding steroid dienone is 2. The summed E-state index contributed by atoms with van der Waals surface area (Å²) in [6, 6.07) is 9.81. The van der Waals surface area contributed by atoms with Gasteiger partial charge in [-0.15, -0.1) is 0 Å². The van der Waals surface area contributed by atoms with Crippen LogP contribution < -0.4 is 0 Å². The van der Waals surface area contributed by atoms with Gasteiger partial charge in [0.05, 0.1) is 11.4 Å². The lowest BCUT2D eigenvalue weighted by Gasteiger charge is -2.08. The highest BCUT2D eigenvalue weighted by atomic mass is 16.2. The Kier molecular flexibility index (Phi) is 3.80. The summed E-state index contributed by atoms with van der Waals surface area (Å²) in [5.41, 5.74) is 5.41. The molecule has 1 aliphatic rings. The van der Waals surface area contributed by atoms with Gasteiger partial charge in [0.15, 0.2) is 0 Å². The zero-order chi connectivity index (χ0) is 15.7. The minimum atomic E-state index is -0.0874. The van der Waals surface area contributed by atoms with Crippen LogP contribution in [0.5, 0.6) is 0 Å². The number of fused-ring (bicyclic) bond motifs is 1. The van der Waals surface area contributed by atoms with E-state index in [0.29, 0.717) is 5.92 Å². The number of hydrogen-bond donors (Lipinski definition) is 0. The minimum absolute atomic E-state index is 0.0874. The molecule has 1 aliphatic carbocycles. The van der Waals surface area contributed by atoms with Gasteiger partial charge < -0.3 is 0 Å². The predicted octanol–water partition coefficient (Wildman–Crippen LogP) is 3.84. The molecule has 0 radical (unpaired) electrons. The second kappa shape index (κ2) is 5.76. The highest BCUT2D eigenvalue weighted by Gasteiger charge is 2.29. The topological polar surface area (TPSA) is 34.9 Å². The van der Waals surface area contributed by atoms with E-state index in [2.05, 4.69) is 18.6 Å². The average molecular weight is 292 g/mol. The Bertz CT molecular complexity index is 753. The maximum atomic E-state index is 12.5. The number of carbonyl (C=O) groups is 1. The predicted molar refractivity (Wildman–Crippen MR) is 88.8 cm³/mol. The molecule has 0 bridgehead atoms. The van der Waals surface area contributed by atoms with Gasteiger partial charge in [0.25, 0.3) is 5.91 Å². The summed E-state index contributed by atoms with van der Waals surface area (Å²) < 4.78 is 1.56. The van der Waals surface area contributed by atoms with Gasteiger partial charge in [0.2, 0.25) is 0 Å².